The van der Waals surface area contributed by atoms with E-state index in [4.69, 9.17) is 4.74 Å². The summed E-state index contributed by atoms with van der Waals surface area (Å²) in [4.78, 5) is 22.4. The maximum absolute atomic E-state index is 11.2. The maximum Gasteiger partial charge on any atom is 0.335 e. The second kappa shape index (κ2) is 7.38. The molecule has 0 amide bonds. The Morgan fingerprint density at radius 1 is 0.760 bits per heavy atom. The summed E-state index contributed by atoms with van der Waals surface area (Å²) in [6.07, 6.45) is 0. The van der Waals surface area contributed by atoms with Crippen LogP contribution in [0.3, 0.4) is 0 Å². The van der Waals surface area contributed by atoms with Gasteiger partial charge in [-0.05, 0) is 59.4 Å². The molecule has 0 bridgehead atoms. The molecule has 0 heterocycles. The van der Waals surface area contributed by atoms with Crippen molar-refractivity contribution in [3.8, 4) is 11.5 Å². The minimum absolute atomic E-state index is 0.0788. The van der Waals surface area contributed by atoms with Gasteiger partial charge in [0.05, 0.1) is 11.1 Å². The minimum Gasteiger partial charge on any atom is -0.478 e. The van der Waals surface area contributed by atoms with Crippen LogP contribution in [0.2, 0.25) is 0 Å². The van der Waals surface area contributed by atoms with Crippen molar-refractivity contribution in [2.45, 2.75) is 39.5 Å². The molecule has 0 aliphatic heterocycles. The Kier molecular flexibility index (Phi) is 5.47. The molecule has 5 nitrogen and oxygen atoms in total. The molecule has 0 aliphatic rings. The van der Waals surface area contributed by atoms with Gasteiger partial charge in [0, 0.05) is 0 Å². The zero-order chi connectivity index (χ0) is 18.7. The molecule has 132 valence electrons. The molecule has 5 heteroatoms. The normalized spacial score (nSPS) is 11.0. The van der Waals surface area contributed by atoms with E-state index in [1.807, 2.05) is 27.7 Å². The smallest absolute Gasteiger partial charge is 0.335 e. The lowest BCUT2D eigenvalue weighted by molar-refractivity contribution is 0.0686. The molecule has 0 unspecified atom stereocenters. The third-order valence-corrected chi connectivity index (χ3v) is 3.98. The molecular weight excluding hydrogens is 320 g/mol. The first-order chi connectivity index (χ1) is 11.7. The maximum atomic E-state index is 11.2. The van der Waals surface area contributed by atoms with Crippen LogP contribution in [0, 0.1) is 0 Å². The first-order valence-corrected chi connectivity index (χ1v) is 8.13. The molecule has 2 N–H and O–H groups in total. The van der Waals surface area contributed by atoms with Crippen molar-refractivity contribution in [2.24, 2.45) is 0 Å². The van der Waals surface area contributed by atoms with Gasteiger partial charge < -0.3 is 14.9 Å². The highest BCUT2D eigenvalue weighted by atomic mass is 16.5. The summed E-state index contributed by atoms with van der Waals surface area (Å²) in [5, 5.41) is 18.3. The summed E-state index contributed by atoms with van der Waals surface area (Å²) in [5.41, 5.74) is 2.00. The third-order valence-electron chi connectivity index (χ3n) is 3.98. The van der Waals surface area contributed by atoms with E-state index < -0.39 is 11.9 Å². The molecule has 0 saturated heterocycles. The van der Waals surface area contributed by atoms with Crippen molar-refractivity contribution in [1.82, 2.24) is 0 Å². The number of ether oxygens (including phenoxy) is 1. The highest BCUT2D eigenvalue weighted by Crippen LogP contribution is 2.35. The van der Waals surface area contributed by atoms with Gasteiger partial charge in [-0.25, -0.2) is 9.59 Å². The van der Waals surface area contributed by atoms with Gasteiger partial charge in [0.1, 0.15) is 11.5 Å². The number of rotatable bonds is 6. The second-order valence-corrected chi connectivity index (χ2v) is 6.53. The van der Waals surface area contributed by atoms with Crippen LogP contribution in [0.25, 0.3) is 0 Å². The Morgan fingerprint density at radius 2 is 1.12 bits per heavy atom. The molecule has 0 saturated carbocycles. The molecule has 25 heavy (non-hydrogen) atoms. The largest absolute Gasteiger partial charge is 0.478 e. The highest BCUT2D eigenvalue weighted by Gasteiger charge is 2.17. The van der Waals surface area contributed by atoms with Crippen LogP contribution in [0.5, 0.6) is 11.5 Å². The van der Waals surface area contributed by atoms with Crippen LogP contribution in [-0.4, -0.2) is 22.2 Å². The summed E-state index contributed by atoms with van der Waals surface area (Å²) >= 11 is 0. The Labute approximate surface area is 146 Å². The summed E-state index contributed by atoms with van der Waals surface area (Å²) in [6, 6.07) is 9.53. The number of hydrogen-bond acceptors (Lipinski definition) is 3. The Morgan fingerprint density at radius 3 is 1.40 bits per heavy atom. The first-order valence-electron chi connectivity index (χ1n) is 8.13. The van der Waals surface area contributed by atoms with E-state index in [1.54, 1.807) is 24.3 Å². The van der Waals surface area contributed by atoms with Gasteiger partial charge in [0.25, 0.3) is 0 Å². The molecule has 0 aromatic heterocycles. The quantitative estimate of drug-likeness (QED) is 0.761. The fraction of sp³-hybridized carbons (Fsp3) is 0.300. The zero-order valence-electron chi connectivity index (χ0n) is 14.7. The highest BCUT2D eigenvalue weighted by molar-refractivity contribution is 5.88. The lowest BCUT2D eigenvalue weighted by Crippen LogP contribution is -2.03. The summed E-state index contributed by atoms with van der Waals surface area (Å²) in [7, 11) is 0. The fourth-order valence-electron chi connectivity index (χ4n) is 2.57. The molecule has 2 rings (SSSR count). The molecule has 0 spiro atoms. The number of carboxylic acids is 2. The first kappa shape index (κ1) is 18.5. The van der Waals surface area contributed by atoms with Gasteiger partial charge in [-0.3, -0.25) is 0 Å². The summed E-state index contributed by atoms with van der Waals surface area (Å²) in [6.45, 7) is 7.85. The zero-order valence-corrected chi connectivity index (χ0v) is 14.7. The lowest BCUT2D eigenvalue weighted by Gasteiger charge is -2.18. The fourth-order valence-corrected chi connectivity index (χ4v) is 2.57. The summed E-state index contributed by atoms with van der Waals surface area (Å²) in [5.74, 6) is -0.663. The number of aromatic carboxylic acids is 2. The van der Waals surface area contributed by atoms with Gasteiger partial charge in [0.2, 0.25) is 0 Å². The number of benzene rings is 2. The number of carboxylic acid groups (broad SMARTS) is 2. The van der Waals surface area contributed by atoms with E-state index in [0.29, 0.717) is 11.5 Å². The van der Waals surface area contributed by atoms with Crippen LogP contribution in [-0.2, 0) is 0 Å². The van der Waals surface area contributed by atoms with E-state index in [1.165, 1.54) is 12.1 Å². The number of hydrogen-bond donors (Lipinski definition) is 2. The van der Waals surface area contributed by atoms with Crippen molar-refractivity contribution in [3.63, 3.8) is 0 Å². The monoisotopic (exact) mass is 342 g/mol. The summed E-state index contributed by atoms with van der Waals surface area (Å²) < 4.78 is 6.05. The van der Waals surface area contributed by atoms with Crippen LogP contribution >= 0.6 is 0 Å². The van der Waals surface area contributed by atoms with Crippen molar-refractivity contribution in [3.05, 3.63) is 58.7 Å². The standard InChI is InChI=1S/C20H22O5/c1-11(2)15-9-13(19(21)22)5-7-17(15)25-18-8-6-14(20(23)24)10-16(18)12(3)4/h5-12H,1-4H3,(H,21,22)(H,23,24). The van der Waals surface area contributed by atoms with Crippen LogP contribution < -0.4 is 4.74 Å². The van der Waals surface area contributed by atoms with E-state index in [-0.39, 0.29) is 23.0 Å². The van der Waals surface area contributed by atoms with Gasteiger partial charge in [-0.2, -0.15) is 0 Å². The van der Waals surface area contributed by atoms with E-state index in [9.17, 15) is 19.8 Å². The lowest BCUT2D eigenvalue weighted by atomic mass is 9.98. The predicted molar refractivity (Wildman–Crippen MR) is 95.1 cm³/mol. The second-order valence-electron chi connectivity index (χ2n) is 6.53. The average molecular weight is 342 g/mol. The van der Waals surface area contributed by atoms with Crippen LogP contribution in [0.4, 0.5) is 0 Å². The van der Waals surface area contributed by atoms with E-state index in [2.05, 4.69) is 0 Å². The van der Waals surface area contributed by atoms with Crippen LogP contribution in [0.1, 0.15) is 71.4 Å². The van der Waals surface area contributed by atoms with Gasteiger partial charge >= 0.3 is 11.9 Å². The van der Waals surface area contributed by atoms with E-state index >= 15 is 0 Å². The Bertz CT molecular complexity index is 738. The molecule has 0 aliphatic carbocycles. The minimum atomic E-state index is -0.984. The SMILES string of the molecule is CC(C)c1cc(C(=O)O)ccc1Oc1ccc(C(=O)O)cc1C(C)C. The molecule has 0 fully saturated rings. The Hall–Kier alpha value is -2.82. The number of carbonyl (C=O) groups is 2. The topological polar surface area (TPSA) is 83.8 Å². The van der Waals surface area contributed by atoms with Crippen molar-refractivity contribution in [1.29, 1.82) is 0 Å². The van der Waals surface area contributed by atoms with E-state index in [0.717, 1.165) is 11.1 Å². The third kappa shape index (κ3) is 4.18. The average Bonchev–Trinajstić information content (AvgIpc) is 2.54. The Balaban J connectivity index is 2.49. The van der Waals surface area contributed by atoms with Crippen molar-refractivity contribution in [2.75, 3.05) is 0 Å². The molecule has 0 atom stereocenters. The molecule has 0 radical (unpaired) electrons. The van der Waals surface area contributed by atoms with Gasteiger partial charge in [-0.1, -0.05) is 27.7 Å². The van der Waals surface area contributed by atoms with Crippen molar-refractivity contribution < 1.29 is 24.5 Å². The predicted octanol–water partition coefficient (Wildman–Crippen LogP) is 5.12. The molecule has 2 aromatic carbocycles. The van der Waals surface area contributed by atoms with Crippen molar-refractivity contribution >= 4 is 11.9 Å². The van der Waals surface area contributed by atoms with Gasteiger partial charge in [-0.15, -0.1) is 0 Å². The van der Waals surface area contributed by atoms with Crippen LogP contribution in [0.15, 0.2) is 36.4 Å². The molecular formula is C20H22O5. The molecule has 2 aromatic rings. The van der Waals surface area contributed by atoms with Gasteiger partial charge in [0.15, 0.2) is 0 Å².